The van der Waals surface area contributed by atoms with Gasteiger partial charge >= 0.3 is 11.9 Å². The van der Waals surface area contributed by atoms with Crippen LogP contribution in [0, 0.1) is 0 Å². The largest absolute Gasteiger partial charge is 0.479 e. The van der Waals surface area contributed by atoms with E-state index in [0.29, 0.717) is 0 Å². The number of nitrogens with two attached hydrogens (primary N) is 1. The zero-order chi connectivity index (χ0) is 12.9. The second kappa shape index (κ2) is 5.42. The fraction of sp³-hybridized carbons (Fsp3) is 0.273. The van der Waals surface area contributed by atoms with Crippen molar-refractivity contribution in [3.63, 3.8) is 0 Å². The van der Waals surface area contributed by atoms with Crippen molar-refractivity contribution in [1.82, 2.24) is 0 Å². The Morgan fingerprint density at radius 2 is 1.71 bits per heavy atom. The van der Waals surface area contributed by atoms with Crippen LogP contribution in [0.4, 0.5) is 0 Å². The van der Waals surface area contributed by atoms with Gasteiger partial charge < -0.3 is 20.7 Å². The number of ether oxygens (including phenoxy) is 1. The highest BCUT2D eigenvalue weighted by molar-refractivity contribution is 6.03. The number of hydrogen-bond donors (Lipinski definition) is 3. The van der Waals surface area contributed by atoms with Crippen LogP contribution in [0.3, 0.4) is 0 Å². The summed E-state index contributed by atoms with van der Waals surface area (Å²) in [7, 11) is 0. The van der Waals surface area contributed by atoms with Gasteiger partial charge in [0.1, 0.15) is 0 Å². The number of aliphatic carboxylic acids is 2. The maximum atomic E-state index is 10.7. The molecule has 0 unspecified atom stereocenters. The molecular formula is C11H13NO5. The van der Waals surface area contributed by atoms with Gasteiger partial charge in [-0.15, -0.1) is 0 Å². The van der Waals surface area contributed by atoms with Crippen LogP contribution in [-0.2, 0) is 20.9 Å². The van der Waals surface area contributed by atoms with Gasteiger partial charge in [0, 0.05) is 0 Å². The first kappa shape index (κ1) is 13.1. The van der Waals surface area contributed by atoms with Crippen LogP contribution in [0.25, 0.3) is 0 Å². The molecule has 92 valence electrons. The lowest BCUT2D eigenvalue weighted by atomic mass is 10.0. The topological polar surface area (TPSA) is 110 Å². The molecule has 0 saturated heterocycles. The summed E-state index contributed by atoms with van der Waals surface area (Å²) >= 11 is 0. The maximum absolute atomic E-state index is 10.7. The normalized spacial score (nSPS) is 11.1. The highest BCUT2D eigenvalue weighted by Gasteiger charge is 2.43. The molecule has 1 rings (SSSR count). The smallest absolute Gasteiger partial charge is 0.337 e. The number of benzene rings is 1. The molecule has 17 heavy (non-hydrogen) atoms. The molecule has 0 fully saturated rings. The number of carbonyl (C=O) groups is 2. The molecule has 1 aromatic rings. The Morgan fingerprint density at radius 1 is 1.18 bits per heavy atom. The Kier molecular flexibility index (Phi) is 4.19. The van der Waals surface area contributed by atoms with Crippen LogP contribution in [-0.4, -0.2) is 34.3 Å². The Bertz CT molecular complexity index is 390. The van der Waals surface area contributed by atoms with Crippen molar-refractivity contribution in [2.45, 2.75) is 12.1 Å². The van der Waals surface area contributed by atoms with Gasteiger partial charge in [-0.1, -0.05) is 30.3 Å². The van der Waals surface area contributed by atoms with Gasteiger partial charge in [-0.05, 0) is 5.56 Å². The van der Waals surface area contributed by atoms with Crippen molar-refractivity contribution in [2.24, 2.45) is 5.73 Å². The molecule has 0 atom stereocenters. The number of rotatable bonds is 6. The first-order valence-electron chi connectivity index (χ1n) is 4.84. The molecular weight excluding hydrogens is 226 g/mol. The monoisotopic (exact) mass is 239 g/mol. The summed E-state index contributed by atoms with van der Waals surface area (Å²) in [5.74, 6) is -3.25. The maximum Gasteiger partial charge on any atom is 0.337 e. The van der Waals surface area contributed by atoms with E-state index < -0.39 is 24.1 Å². The Labute approximate surface area is 97.6 Å². The number of carboxylic acids is 2. The predicted molar refractivity (Wildman–Crippen MR) is 58.3 cm³/mol. The van der Waals surface area contributed by atoms with E-state index in [2.05, 4.69) is 0 Å². The lowest BCUT2D eigenvalue weighted by molar-refractivity contribution is -0.160. The van der Waals surface area contributed by atoms with Crippen LogP contribution in [0.5, 0.6) is 0 Å². The molecule has 6 nitrogen and oxygen atoms in total. The number of carboxylic acid groups (broad SMARTS) is 2. The van der Waals surface area contributed by atoms with Gasteiger partial charge in [-0.3, -0.25) is 0 Å². The minimum absolute atomic E-state index is 0.111. The summed E-state index contributed by atoms with van der Waals surface area (Å²) in [6.07, 6.45) is 0. The van der Waals surface area contributed by atoms with E-state index in [9.17, 15) is 9.59 Å². The molecule has 0 aliphatic heterocycles. The van der Waals surface area contributed by atoms with Crippen molar-refractivity contribution in [2.75, 3.05) is 6.61 Å². The van der Waals surface area contributed by atoms with E-state index in [0.717, 1.165) is 5.56 Å². The zero-order valence-electron chi connectivity index (χ0n) is 9.00. The Hall–Kier alpha value is -1.92. The highest BCUT2D eigenvalue weighted by atomic mass is 16.5. The van der Waals surface area contributed by atoms with E-state index in [1.165, 1.54) is 0 Å². The average Bonchev–Trinajstić information content (AvgIpc) is 2.29. The summed E-state index contributed by atoms with van der Waals surface area (Å²) < 4.78 is 5.02. The average molecular weight is 239 g/mol. The third-order valence-corrected chi connectivity index (χ3v) is 2.20. The summed E-state index contributed by atoms with van der Waals surface area (Å²) in [4.78, 5) is 21.4. The molecule has 0 aromatic heterocycles. The summed E-state index contributed by atoms with van der Waals surface area (Å²) in [6, 6.07) is 8.97. The van der Waals surface area contributed by atoms with E-state index in [-0.39, 0.29) is 6.61 Å². The molecule has 0 aliphatic carbocycles. The summed E-state index contributed by atoms with van der Waals surface area (Å²) in [5.41, 5.74) is 3.63. The van der Waals surface area contributed by atoms with Crippen LogP contribution >= 0.6 is 0 Å². The van der Waals surface area contributed by atoms with Gasteiger partial charge in [0.05, 0.1) is 13.2 Å². The van der Waals surface area contributed by atoms with Gasteiger partial charge in [0.15, 0.2) is 0 Å². The molecule has 0 radical (unpaired) electrons. The van der Waals surface area contributed by atoms with Crippen LogP contribution < -0.4 is 5.73 Å². The second-order valence-electron chi connectivity index (χ2n) is 3.56. The Balaban J connectivity index is 2.55. The van der Waals surface area contributed by atoms with Crippen molar-refractivity contribution in [3.8, 4) is 0 Å². The first-order valence-corrected chi connectivity index (χ1v) is 4.84. The molecule has 6 heteroatoms. The molecule has 4 N–H and O–H groups in total. The Morgan fingerprint density at radius 3 is 2.18 bits per heavy atom. The lowest BCUT2D eigenvalue weighted by Crippen LogP contribution is -2.58. The van der Waals surface area contributed by atoms with Gasteiger partial charge in [-0.2, -0.15) is 0 Å². The molecule has 0 aliphatic rings. The van der Waals surface area contributed by atoms with E-state index in [1.54, 1.807) is 24.3 Å². The fourth-order valence-electron chi connectivity index (χ4n) is 1.12. The molecule has 0 heterocycles. The fourth-order valence-corrected chi connectivity index (χ4v) is 1.12. The quantitative estimate of drug-likeness (QED) is 0.606. The van der Waals surface area contributed by atoms with Gasteiger partial charge in [0.2, 0.25) is 5.54 Å². The van der Waals surface area contributed by atoms with Gasteiger partial charge in [0.25, 0.3) is 0 Å². The number of hydrogen-bond acceptors (Lipinski definition) is 4. The van der Waals surface area contributed by atoms with Crippen molar-refractivity contribution >= 4 is 11.9 Å². The predicted octanol–water partition coefficient (Wildman–Crippen LogP) is 0.0699. The lowest BCUT2D eigenvalue weighted by Gasteiger charge is -2.19. The SMILES string of the molecule is NC(COCc1ccccc1)(C(=O)O)C(=O)O. The van der Waals surface area contributed by atoms with Gasteiger partial charge in [-0.25, -0.2) is 9.59 Å². The third kappa shape index (κ3) is 3.27. The third-order valence-electron chi connectivity index (χ3n) is 2.20. The van der Waals surface area contributed by atoms with Crippen molar-refractivity contribution in [1.29, 1.82) is 0 Å². The molecule has 0 saturated carbocycles. The molecule has 1 aromatic carbocycles. The summed E-state index contributed by atoms with van der Waals surface area (Å²) in [5, 5.41) is 17.4. The molecule has 0 bridgehead atoms. The minimum atomic E-state index is -2.41. The van der Waals surface area contributed by atoms with Crippen LogP contribution in [0.15, 0.2) is 30.3 Å². The second-order valence-corrected chi connectivity index (χ2v) is 3.56. The minimum Gasteiger partial charge on any atom is -0.479 e. The zero-order valence-corrected chi connectivity index (χ0v) is 9.00. The summed E-state index contributed by atoms with van der Waals surface area (Å²) in [6.45, 7) is -0.479. The molecule has 0 spiro atoms. The standard InChI is InChI=1S/C11H13NO5/c12-11(9(13)14,10(15)16)7-17-6-8-4-2-1-3-5-8/h1-5H,6-7,12H2,(H,13,14)(H,15,16). The first-order chi connectivity index (χ1) is 7.97. The molecule has 0 amide bonds. The van der Waals surface area contributed by atoms with Crippen molar-refractivity contribution in [3.05, 3.63) is 35.9 Å². The van der Waals surface area contributed by atoms with Crippen molar-refractivity contribution < 1.29 is 24.5 Å². The van der Waals surface area contributed by atoms with E-state index >= 15 is 0 Å². The van der Waals surface area contributed by atoms with E-state index in [1.807, 2.05) is 6.07 Å². The highest BCUT2D eigenvalue weighted by Crippen LogP contribution is 2.06. The van der Waals surface area contributed by atoms with Crippen LogP contribution in [0.1, 0.15) is 5.56 Å². The van der Waals surface area contributed by atoms with E-state index in [4.69, 9.17) is 20.7 Å². The van der Waals surface area contributed by atoms with Crippen LogP contribution in [0.2, 0.25) is 0 Å².